The first-order valence-corrected chi connectivity index (χ1v) is 10.9. The van der Waals surface area contributed by atoms with Crippen molar-refractivity contribution >= 4 is 34.0 Å². The number of likely N-dealkylation sites (N-methyl/N-ethyl adjacent to an activating group) is 1. The van der Waals surface area contributed by atoms with Crippen molar-refractivity contribution < 1.29 is 0 Å². The van der Waals surface area contributed by atoms with Crippen molar-refractivity contribution in [3.63, 3.8) is 0 Å². The van der Waals surface area contributed by atoms with Crippen LogP contribution in [0.1, 0.15) is 22.6 Å². The second kappa shape index (κ2) is 7.04. The number of anilines is 1. The first-order chi connectivity index (χ1) is 14.5. The molecule has 0 aromatic carbocycles. The van der Waals surface area contributed by atoms with Crippen molar-refractivity contribution in [3.8, 4) is 17.3 Å². The Balaban J connectivity index is 1.90. The SMILES string of the molecule is Cc1nc(-c2c(C)c(C#N)c3nc4ncccc4n3c2N2CC[C@H](N(C)C)C2)cs1. The van der Waals surface area contributed by atoms with Gasteiger partial charge in [0.25, 0.3) is 0 Å². The van der Waals surface area contributed by atoms with Gasteiger partial charge in [-0.05, 0) is 52.1 Å². The quantitative estimate of drug-likeness (QED) is 0.507. The van der Waals surface area contributed by atoms with E-state index in [1.165, 1.54) is 0 Å². The largest absolute Gasteiger partial charge is 0.355 e. The van der Waals surface area contributed by atoms with Crippen LogP contribution in [0.4, 0.5) is 5.82 Å². The Bertz CT molecular complexity index is 1310. The number of thiazole rings is 1. The highest BCUT2D eigenvalue weighted by molar-refractivity contribution is 7.09. The van der Waals surface area contributed by atoms with E-state index in [2.05, 4.69) is 44.7 Å². The molecule has 4 aromatic heterocycles. The minimum atomic E-state index is 0.480. The van der Waals surface area contributed by atoms with Gasteiger partial charge in [-0.15, -0.1) is 11.3 Å². The van der Waals surface area contributed by atoms with Crippen LogP contribution < -0.4 is 4.90 Å². The molecule has 0 aliphatic carbocycles. The molecule has 0 unspecified atom stereocenters. The predicted molar refractivity (Wildman–Crippen MR) is 120 cm³/mol. The lowest BCUT2D eigenvalue weighted by atomic mass is 10.0. The number of imidazole rings is 1. The van der Waals surface area contributed by atoms with Crippen LogP contribution >= 0.6 is 11.3 Å². The molecule has 7 nitrogen and oxygen atoms in total. The fourth-order valence-electron chi connectivity index (χ4n) is 4.44. The first-order valence-electron chi connectivity index (χ1n) is 10.0. The van der Waals surface area contributed by atoms with Gasteiger partial charge in [-0.25, -0.2) is 15.0 Å². The van der Waals surface area contributed by atoms with Gasteiger partial charge >= 0.3 is 0 Å². The van der Waals surface area contributed by atoms with Crippen LogP contribution in [0.5, 0.6) is 0 Å². The third-order valence-electron chi connectivity index (χ3n) is 6.02. The molecule has 0 N–H and O–H groups in total. The third-order valence-corrected chi connectivity index (χ3v) is 6.79. The Hall–Kier alpha value is -3.02. The second-order valence-electron chi connectivity index (χ2n) is 8.03. The molecule has 4 aromatic rings. The number of aryl methyl sites for hydroxylation is 1. The molecule has 0 saturated carbocycles. The summed E-state index contributed by atoms with van der Waals surface area (Å²) >= 11 is 1.63. The standard InChI is InChI=1S/C22H23N7S/c1-13-16(10-23)21-26-20-18(6-5-8-24-20)29(21)22(19(13)17-12-30-14(2)25-17)28-9-7-15(11-28)27(3)4/h5-6,8,12,15H,7,9,11H2,1-4H3/t15-/m0/s1. The molecule has 1 atom stereocenters. The lowest BCUT2D eigenvalue weighted by molar-refractivity contribution is 0.315. The maximum absolute atomic E-state index is 10.0. The van der Waals surface area contributed by atoms with Crippen LogP contribution in [-0.4, -0.2) is 57.5 Å². The molecular weight excluding hydrogens is 394 g/mol. The highest BCUT2D eigenvalue weighted by atomic mass is 32.1. The van der Waals surface area contributed by atoms with Gasteiger partial charge in [-0.1, -0.05) is 0 Å². The van der Waals surface area contributed by atoms with Gasteiger partial charge in [0.15, 0.2) is 11.3 Å². The Morgan fingerprint density at radius 1 is 1.27 bits per heavy atom. The summed E-state index contributed by atoms with van der Waals surface area (Å²) < 4.78 is 2.12. The average molecular weight is 418 g/mol. The van der Waals surface area contributed by atoms with Crippen LogP contribution in [0.3, 0.4) is 0 Å². The maximum Gasteiger partial charge on any atom is 0.178 e. The van der Waals surface area contributed by atoms with E-state index in [4.69, 9.17) is 9.97 Å². The Kier molecular flexibility index (Phi) is 4.45. The number of hydrogen-bond donors (Lipinski definition) is 0. The maximum atomic E-state index is 10.0. The normalized spacial score (nSPS) is 16.8. The van der Waals surface area contributed by atoms with Crippen molar-refractivity contribution in [2.45, 2.75) is 26.3 Å². The molecule has 5 heterocycles. The van der Waals surface area contributed by atoms with E-state index in [1.54, 1.807) is 17.5 Å². The first kappa shape index (κ1) is 19.0. The number of rotatable bonds is 3. The van der Waals surface area contributed by atoms with Crippen molar-refractivity contribution in [1.29, 1.82) is 5.26 Å². The van der Waals surface area contributed by atoms with Gasteiger partial charge in [-0.2, -0.15) is 5.26 Å². The van der Waals surface area contributed by atoms with Gasteiger partial charge in [-0.3, -0.25) is 4.40 Å². The fourth-order valence-corrected chi connectivity index (χ4v) is 5.05. The molecule has 8 heteroatoms. The summed E-state index contributed by atoms with van der Waals surface area (Å²) in [6, 6.07) is 6.83. The van der Waals surface area contributed by atoms with Crippen LogP contribution in [-0.2, 0) is 0 Å². The molecular formula is C22H23N7S. The Morgan fingerprint density at radius 3 is 2.77 bits per heavy atom. The predicted octanol–water partition coefficient (Wildman–Crippen LogP) is 3.63. The highest BCUT2D eigenvalue weighted by Crippen LogP contribution is 2.40. The molecule has 1 fully saturated rings. The zero-order valence-corrected chi connectivity index (χ0v) is 18.4. The van der Waals surface area contributed by atoms with Crippen molar-refractivity contribution in [3.05, 3.63) is 39.8 Å². The van der Waals surface area contributed by atoms with Gasteiger partial charge < -0.3 is 9.80 Å². The molecule has 0 spiro atoms. The number of nitriles is 1. The Morgan fingerprint density at radius 2 is 2.10 bits per heavy atom. The summed E-state index contributed by atoms with van der Waals surface area (Å²) in [5, 5.41) is 13.1. The molecule has 30 heavy (non-hydrogen) atoms. The second-order valence-corrected chi connectivity index (χ2v) is 9.09. The smallest absolute Gasteiger partial charge is 0.178 e. The average Bonchev–Trinajstić information content (AvgIpc) is 3.45. The van der Waals surface area contributed by atoms with Crippen LogP contribution in [0.25, 0.3) is 28.1 Å². The van der Waals surface area contributed by atoms with E-state index in [0.29, 0.717) is 22.9 Å². The van der Waals surface area contributed by atoms with Crippen LogP contribution in [0, 0.1) is 25.2 Å². The summed E-state index contributed by atoms with van der Waals surface area (Å²) in [6.45, 7) is 5.89. The fraction of sp³-hybridized carbons (Fsp3) is 0.364. The van der Waals surface area contributed by atoms with Gasteiger partial charge in [0.2, 0.25) is 0 Å². The summed E-state index contributed by atoms with van der Waals surface area (Å²) in [4.78, 5) is 18.7. The topological polar surface area (TPSA) is 73.3 Å². The van der Waals surface area contributed by atoms with E-state index in [9.17, 15) is 5.26 Å². The zero-order chi connectivity index (χ0) is 21.0. The Labute approximate surface area is 179 Å². The highest BCUT2D eigenvalue weighted by Gasteiger charge is 2.31. The number of pyridine rings is 2. The lowest BCUT2D eigenvalue weighted by Crippen LogP contribution is -2.32. The van der Waals surface area contributed by atoms with Gasteiger partial charge in [0, 0.05) is 36.3 Å². The van der Waals surface area contributed by atoms with Crippen molar-refractivity contribution in [2.75, 3.05) is 32.1 Å². The zero-order valence-electron chi connectivity index (χ0n) is 17.5. The van der Waals surface area contributed by atoms with E-state index >= 15 is 0 Å². The van der Waals surface area contributed by atoms with Gasteiger partial charge in [0.05, 0.1) is 21.8 Å². The molecule has 1 aliphatic rings. The minimum Gasteiger partial charge on any atom is -0.355 e. The summed E-state index contributed by atoms with van der Waals surface area (Å²) in [5.74, 6) is 1.06. The molecule has 5 rings (SSSR count). The monoisotopic (exact) mass is 417 g/mol. The van der Waals surface area contributed by atoms with E-state index < -0.39 is 0 Å². The third kappa shape index (κ3) is 2.77. The molecule has 0 amide bonds. The molecule has 1 aliphatic heterocycles. The van der Waals surface area contributed by atoms with E-state index in [0.717, 1.165) is 52.7 Å². The van der Waals surface area contributed by atoms with E-state index in [1.807, 2.05) is 26.0 Å². The van der Waals surface area contributed by atoms with Gasteiger partial charge in [0.1, 0.15) is 11.9 Å². The van der Waals surface area contributed by atoms with Crippen LogP contribution in [0.2, 0.25) is 0 Å². The summed E-state index contributed by atoms with van der Waals surface area (Å²) in [5.41, 5.74) is 5.69. The number of fused-ring (bicyclic) bond motifs is 3. The summed E-state index contributed by atoms with van der Waals surface area (Å²) in [6.07, 6.45) is 2.84. The minimum absolute atomic E-state index is 0.480. The molecule has 152 valence electrons. The summed E-state index contributed by atoms with van der Waals surface area (Å²) in [7, 11) is 4.27. The van der Waals surface area contributed by atoms with Crippen molar-refractivity contribution in [2.24, 2.45) is 0 Å². The molecule has 0 bridgehead atoms. The van der Waals surface area contributed by atoms with Crippen molar-refractivity contribution in [1.82, 2.24) is 24.3 Å². The van der Waals surface area contributed by atoms with E-state index in [-0.39, 0.29) is 0 Å². The molecule has 1 saturated heterocycles. The molecule has 0 radical (unpaired) electrons. The number of aromatic nitrogens is 4. The van der Waals surface area contributed by atoms with Crippen LogP contribution in [0.15, 0.2) is 23.7 Å². The number of nitrogens with zero attached hydrogens (tertiary/aromatic N) is 7. The lowest BCUT2D eigenvalue weighted by Gasteiger charge is -2.26. The number of hydrogen-bond acceptors (Lipinski definition) is 7.